The van der Waals surface area contributed by atoms with Crippen molar-refractivity contribution in [1.29, 1.82) is 0 Å². The van der Waals surface area contributed by atoms with Crippen LogP contribution in [0.25, 0.3) is 0 Å². The van der Waals surface area contributed by atoms with Crippen LogP contribution in [0.4, 0.5) is 17.6 Å². The van der Waals surface area contributed by atoms with Crippen molar-refractivity contribution in [2.45, 2.75) is 25.7 Å². The molecule has 0 heterocycles. The third-order valence-corrected chi connectivity index (χ3v) is 5.09. The van der Waals surface area contributed by atoms with E-state index >= 15 is 0 Å². The lowest BCUT2D eigenvalue weighted by Gasteiger charge is -2.22. The van der Waals surface area contributed by atoms with E-state index in [4.69, 9.17) is 0 Å². The number of halogens is 4. The molecule has 1 atom stereocenters. The molecule has 2 aromatic rings. The molecule has 2 nitrogen and oxygen atoms in total. The van der Waals surface area contributed by atoms with Gasteiger partial charge in [0.25, 0.3) is 5.91 Å². The number of nitrogens with one attached hydrogen (secondary N) is 1. The highest BCUT2D eigenvalue weighted by molar-refractivity contribution is 5.94. The average Bonchev–Trinajstić information content (AvgIpc) is 3.07. The summed E-state index contributed by atoms with van der Waals surface area (Å²) in [6.45, 7) is 3.90. The predicted octanol–water partition coefficient (Wildman–Crippen LogP) is 4.34. The summed E-state index contributed by atoms with van der Waals surface area (Å²) in [7, 11) is 0. The molecular formula is C19H17F4NO. The Kier molecular flexibility index (Phi) is 4.09. The van der Waals surface area contributed by atoms with Crippen molar-refractivity contribution in [3.05, 3.63) is 70.8 Å². The summed E-state index contributed by atoms with van der Waals surface area (Å²) in [6, 6.07) is 6.05. The van der Waals surface area contributed by atoms with Gasteiger partial charge in [0.2, 0.25) is 0 Å². The van der Waals surface area contributed by atoms with Crippen LogP contribution in [-0.2, 0) is 5.41 Å². The lowest BCUT2D eigenvalue weighted by atomic mass is 9.87. The maximum atomic E-state index is 14.2. The lowest BCUT2D eigenvalue weighted by molar-refractivity contribution is 0.0943. The van der Waals surface area contributed by atoms with Gasteiger partial charge in [0, 0.05) is 24.1 Å². The van der Waals surface area contributed by atoms with E-state index < -0.39 is 34.6 Å². The molecule has 1 fully saturated rings. The highest BCUT2D eigenvalue weighted by atomic mass is 19.1. The molecule has 6 heteroatoms. The molecule has 0 radical (unpaired) electrons. The number of hydrogen-bond donors (Lipinski definition) is 1. The number of carbonyl (C=O) groups is 1. The van der Waals surface area contributed by atoms with Gasteiger partial charge in [-0.15, -0.1) is 0 Å². The van der Waals surface area contributed by atoms with Gasteiger partial charge in [0.1, 0.15) is 23.3 Å². The minimum absolute atomic E-state index is 0.0677. The molecule has 0 aliphatic heterocycles. The van der Waals surface area contributed by atoms with Crippen LogP contribution in [0, 0.1) is 28.7 Å². The van der Waals surface area contributed by atoms with Gasteiger partial charge in [-0.05, 0) is 35.6 Å². The largest absolute Gasteiger partial charge is 0.351 e. The van der Waals surface area contributed by atoms with Crippen LogP contribution in [-0.4, -0.2) is 12.5 Å². The fourth-order valence-electron chi connectivity index (χ4n) is 3.44. The fraction of sp³-hybridized carbons (Fsp3) is 0.316. The monoisotopic (exact) mass is 351 g/mol. The Morgan fingerprint density at radius 1 is 1.00 bits per heavy atom. The summed E-state index contributed by atoms with van der Waals surface area (Å²) in [5, 5.41) is 2.60. The van der Waals surface area contributed by atoms with Gasteiger partial charge >= 0.3 is 0 Å². The van der Waals surface area contributed by atoms with Crippen LogP contribution in [0.5, 0.6) is 0 Å². The first-order chi connectivity index (χ1) is 11.7. The van der Waals surface area contributed by atoms with E-state index in [0.717, 1.165) is 18.2 Å². The van der Waals surface area contributed by atoms with E-state index in [2.05, 4.69) is 5.32 Å². The highest BCUT2D eigenvalue weighted by Crippen LogP contribution is 2.64. The summed E-state index contributed by atoms with van der Waals surface area (Å²) >= 11 is 0. The Balaban J connectivity index is 1.83. The Hall–Kier alpha value is -2.37. The van der Waals surface area contributed by atoms with Crippen LogP contribution in [0.1, 0.15) is 36.2 Å². The van der Waals surface area contributed by atoms with E-state index in [1.165, 1.54) is 12.1 Å². The van der Waals surface area contributed by atoms with Gasteiger partial charge in [0.15, 0.2) is 0 Å². The number of hydrogen-bond acceptors (Lipinski definition) is 1. The predicted molar refractivity (Wildman–Crippen MR) is 85.1 cm³/mol. The van der Waals surface area contributed by atoms with E-state index in [0.29, 0.717) is 18.1 Å². The molecule has 0 spiro atoms. The SMILES string of the molecule is CC1(C)CC1(CNC(=O)c1ccc(F)cc1F)c1ccc(F)cc1F. The van der Waals surface area contributed by atoms with Crippen molar-refractivity contribution in [2.75, 3.05) is 6.54 Å². The fourth-order valence-corrected chi connectivity index (χ4v) is 3.44. The summed E-state index contributed by atoms with van der Waals surface area (Å²) in [5.74, 6) is -3.79. The van der Waals surface area contributed by atoms with Crippen molar-refractivity contribution >= 4 is 5.91 Å². The zero-order valence-corrected chi connectivity index (χ0v) is 13.8. The van der Waals surface area contributed by atoms with E-state index in [9.17, 15) is 22.4 Å². The molecule has 1 N–H and O–H groups in total. The molecule has 0 bridgehead atoms. The molecule has 1 aliphatic rings. The quantitative estimate of drug-likeness (QED) is 0.816. The Bertz CT molecular complexity index is 849. The summed E-state index contributed by atoms with van der Waals surface area (Å²) < 4.78 is 54.1. The zero-order chi connectivity index (χ0) is 18.4. The molecule has 3 rings (SSSR count). The molecule has 0 saturated heterocycles. The third-order valence-electron chi connectivity index (χ3n) is 5.09. The molecule has 2 aromatic carbocycles. The maximum Gasteiger partial charge on any atom is 0.254 e. The number of carbonyl (C=O) groups excluding carboxylic acids is 1. The average molecular weight is 351 g/mol. The summed E-state index contributed by atoms with van der Waals surface area (Å²) in [6.07, 6.45) is 0.592. The van der Waals surface area contributed by atoms with Gasteiger partial charge in [-0.1, -0.05) is 19.9 Å². The van der Waals surface area contributed by atoms with E-state index in [1.807, 2.05) is 13.8 Å². The molecule has 132 valence electrons. The molecule has 25 heavy (non-hydrogen) atoms. The van der Waals surface area contributed by atoms with Gasteiger partial charge in [-0.25, -0.2) is 17.6 Å². The first-order valence-electron chi connectivity index (χ1n) is 7.85. The van der Waals surface area contributed by atoms with Crippen LogP contribution in [0.3, 0.4) is 0 Å². The van der Waals surface area contributed by atoms with Gasteiger partial charge < -0.3 is 5.32 Å². The van der Waals surface area contributed by atoms with E-state index in [1.54, 1.807) is 0 Å². The summed E-state index contributed by atoms with van der Waals surface area (Å²) in [5.41, 5.74) is -0.967. The Morgan fingerprint density at radius 2 is 1.56 bits per heavy atom. The van der Waals surface area contributed by atoms with Crippen molar-refractivity contribution in [3.8, 4) is 0 Å². The van der Waals surface area contributed by atoms with Gasteiger partial charge in [-0.3, -0.25) is 4.79 Å². The first-order valence-corrected chi connectivity index (χ1v) is 7.85. The minimum Gasteiger partial charge on any atom is -0.351 e. The zero-order valence-electron chi connectivity index (χ0n) is 13.8. The van der Waals surface area contributed by atoms with Crippen molar-refractivity contribution in [1.82, 2.24) is 5.32 Å². The van der Waals surface area contributed by atoms with Gasteiger partial charge in [0.05, 0.1) is 5.56 Å². The second kappa shape index (κ2) is 5.86. The summed E-state index contributed by atoms with van der Waals surface area (Å²) in [4.78, 5) is 12.2. The number of rotatable bonds is 4. The normalized spacial score (nSPS) is 21.0. The standard InChI is InChI=1S/C19H17F4NO/c1-18(2)9-19(18,14-6-4-12(21)8-16(14)23)10-24-17(25)13-5-3-11(20)7-15(13)22/h3-8H,9-10H2,1-2H3,(H,24,25). The molecule has 1 amide bonds. The van der Waals surface area contributed by atoms with Crippen LogP contribution in [0.15, 0.2) is 36.4 Å². The smallest absolute Gasteiger partial charge is 0.254 e. The molecule has 1 saturated carbocycles. The van der Waals surface area contributed by atoms with Crippen molar-refractivity contribution < 1.29 is 22.4 Å². The minimum atomic E-state index is -0.963. The Morgan fingerprint density at radius 3 is 2.08 bits per heavy atom. The number of benzene rings is 2. The second-order valence-corrected chi connectivity index (χ2v) is 7.07. The first kappa shape index (κ1) is 17.5. The molecular weight excluding hydrogens is 334 g/mol. The third kappa shape index (κ3) is 3.01. The maximum absolute atomic E-state index is 14.2. The van der Waals surface area contributed by atoms with Crippen LogP contribution >= 0.6 is 0 Å². The topological polar surface area (TPSA) is 29.1 Å². The van der Waals surface area contributed by atoms with Crippen LogP contribution in [0.2, 0.25) is 0 Å². The lowest BCUT2D eigenvalue weighted by Crippen LogP contribution is -2.35. The van der Waals surface area contributed by atoms with Gasteiger partial charge in [-0.2, -0.15) is 0 Å². The van der Waals surface area contributed by atoms with Crippen molar-refractivity contribution in [3.63, 3.8) is 0 Å². The molecule has 0 aromatic heterocycles. The second-order valence-electron chi connectivity index (χ2n) is 7.07. The molecule has 1 unspecified atom stereocenters. The Labute approximate surface area is 142 Å². The number of amides is 1. The van der Waals surface area contributed by atoms with Crippen LogP contribution < -0.4 is 5.32 Å². The van der Waals surface area contributed by atoms with Crippen molar-refractivity contribution in [2.24, 2.45) is 5.41 Å². The highest BCUT2D eigenvalue weighted by Gasteiger charge is 2.62. The molecule has 1 aliphatic carbocycles. The van der Waals surface area contributed by atoms with E-state index in [-0.39, 0.29) is 17.5 Å².